The standard InChI is InChI=1S/C32H24N6O10S3/c33-23-5-1-3-17-15-25(50(43,44)45)29(31(39)27(17)23)37-35-19-7-11-21(12-8-19)49(41,42)22-13-9-20(10-14-22)36-38-30-26(51(46,47)48)16-18-4-2-6-24(34)28(18)32(30)40/h1-16,39-40H,33-34H2,(H,43,44,45)(H,46,47,48). The van der Waals surface area contributed by atoms with E-state index in [0.29, 0.717) is 0 Å². The molecule has 8 N–H and O–H groups in total. The van der Waals surface area contributed by atoms with E-state index in [-0.39, 0.29) is 54.1 Å². The molecule has 0 atom stereocenters. The smallest absolute Gasteiger partial charge is 0.296 e. The van der Waals surface area contributed by atoms with Crippen LogP contribution < -0.4 is 11.5 Å². The van der Waals surface area contributed by atoms with Gasteiger partial charge in [-0.3, -0.25) is 9.11 Å². The van der Waals surface area contributed by atoms with Gasteiger partial charge in [-0.2, -0.15) is 27.1 Å². The van der Waals surface area contributed by atoms with Crippen molar-refractivity contribution < 1.29 is 44.6 Å². The summed E-state index contributed by atoms with van der Waals surface area (Å²) in [4.78, 5) is -1.76. The number of phenolic OH excluding ortho intramolecular Hbond substituents is 2. The van der Waals surface area contributed by atoms with Gasteiger partial charge in [0.05, 0.1) is 21.2 Å². The summed E-state index contributed by atoms with van der Waals surface area (Å²) in [5.74, 6) is -1.27. The van der Waals surface area contributed by atoms with Crippen molar-refractivity contribution in [3.63, 3.8) is 0 Å². The number of sulfone groups is 1. The molecular formula is C32H24N6O10S3. The fourth-order valence-corrected chi connectivity index (χ4v) is 7.75. The Balaban J connectivity index is 1.27. The van der Waals surface area contributed by atoms with Gasteiger partial charge < -0.3 is 21.7 Å². The van der Waals surface area contributed by atoms with Crippen molar-refractivity contribution in [3.8, 4) is 11.5 Å². The first-order chi connectivity index (χ1) is 24.0. The third kappa shape index (κ3) is 6.66. The number of nitrogens with two attached hydrogens (primary N) is 2. The molecule has 0 bridgehead atoms. The molecule has 0 aromatic heterocycles. The maximum absolute atomic E-state index is 13.3. The van der Waals surface area contributed by atoms with E-state index in [9.17, 15) is 44.6 Å². The fourth-order valence-electron chi connectivity index (χ4n) is 5.18. The molecule has 0 amide bonds. The highest BCUT2D eigenvalue weighted by atomic mass is 32.2. The van der Waals surface area contributed by atoms with Crippen LogP contribution in [0.25, 0.3) is 21.5 Å². The minimum atomic E-state index is -4.86. The second kappa shape index (κ2) is 12.7. The second-order valence-corrected chi connectivity index (χ2v) is 15.6. The number of rotatable bonds is 8. The number of phenols is 2. The molecule has 0 aliphatic heterocycles. The lowest BCUT2D eigenvalue weighted by Gasteiger charge is -2.10. The van der Waals surface area contributed by atoms with E-state index in [1.54, 1.807) is 0 Å². The quantitative estimate of drug-likeness (QED) is 0.0537. The Bertz CT molecular complexity index is 2600. The Morgan fingerprint density at radius 1 is 0.490 bits per heavy atom. The van der Waals surface area contributed by atoms with E-state index < -0.39 is 62.7 Å². The van der Waals surface area contributed by atoms with Crippen LogP contribution in [0.2, 0.25) is 0 Å². The summed E-state index contributed by atoms with van der Waals surface area (Å²) in [7, 11) is -13.8. The normalized spacial score (nSPS) is 12.7. The Morgan fingerprint density at radius 3 is 1.18 bits per heavy atom. The Hall–Kier alpha value is -5.99. The zero-order valence-electron chi connectivity index (χ0n) is 25.6. The highest BCUT2D eigenvalue weighted by Crippen LogP contribution is 2.45. The van der Waals surface area contributed by atoms with Crippen LogP contribution >= 0.6 is 0 Å². The molecule has 260 valence electrons. The molecule has 0 saturated heterocycles. The number of nitrogen functional groups attached to an aromatic ring is 2. The zero-order valence-corrected chi connectivity index (χ0v) is 28.1. The molecule has 0 spiro atoms. The topological polar surface area (TPSA) is 285 Å². The molecule has 0 heterocycles. The first kappa shape index (κ1) is 34.9. The van der Waals surface area contributed by atoms with Crippen LogP contribution in [-0.4, -0.2) is 44.6 Å². The number of hydrogen-bond donors (Lipinski definition) is 6. The van der Waals surface area contributed by atoms with Gasteiger partial charge in [-0.15, -0.1) is 10.2 Å². The average Bonchev–Trinajstić information content (AvgIpc) is 3.06. The van der Waals surface area contributed by atoms with Gasteiger partial charge in [0.1, 0.15) is 21.2 Å². The van der Waals surface area contributed by atoms with E-state index in [2.05, 4.69) is 20.5 Å². The lowest BCUT2D eigenvalue weighted by atomic mass is 10.1. The van der Waals surface area contributed by atoms with Gasteiger partial charge in [0.15, 0.2) is 11.5 Å². The van der Waals surface area contributed by atoms with Crippen molar-refractivity contribution in [1.29, 1.82) is 0 Å². The maximum atomic E-state index is 13.3. The molecule has 0 saturated carbocycles. The molecule has 0 unspecified atom stereocenters. The van der Waals surface area contributed by atoms with Crippen molar-refractivity contribution in [2.75, 3.05) is 11.5 Å². The number of hydrogen-bond acceptors (Lipinski definition) is 14. The van der Waals surface area contributed by atoms with E-state index >= 15 is 0 Å². The van der Waals surface area contributed by atoms with Crippen molar-refractivity contribution in [1.82, 2.24) is 0 Å². The van der Waals surface area contributed by atoms with Crippen molar-refractivity contribution >= 4 is 85.7 Å². The largest absolute Gasteiger partial charge is 0.505 e. The fraction of sp³-hybridized carbons (Fsp3) is 0. The van der Waals surface area contributed by atoms with Crippen molar-refractivity contribution in [2.45, 2.75) is 19.6 Å². The predicted molar refractivity (Wildman–Crippen MR) is 186 cm³/mol. The van der Waals surface area contributed by atoms with Crippen LogP contribution in [0.5, 0.6) is 11.5 Å². The third-order valence-corrected chi connectivity index (χ3v) is 11.1. The van der Waals surface area contributed by atoms with E-state index in [4.69, 9.17) is 11.5 Å². The molecule has 0 fully saturated rings. The number of benzene rings is 6. The van der Waals surface area contributed by atoms with Gasteiger partial charge in [0.25, 0.3) is 20.2 Å². The molecule has 16 nitrogen and oxygen atoms in total. The van der Waals surface area contributed by atoms with Crippen LogP contribution in [0, 0.1) is 0 Å². The highest BCUT2D eigenvalue weighted by molar-refractivity contribution is 7.91. The number of fused-ring (bicyclic) bond motifs is 2. The molecular weight excluding hydrogens is 725 g/mol. The van der Waals surface area contributed by atoms with Crippen molar-refractivity contribution in [2.24, 2.45) is 20.5 Å². The van der Waals surface area contributed by atoms with Crippen LogP contribution in [0.15, 0.2) is 137 Å². The predicted octanol–water partition coefficient (Wildman–Crippen LogP) is 6.73. The van der Waals surface area contributed by atoms with Gasteiger partial charge in [-0.05, 0) is 83.6 Å². The number of azo groups is 2. The molecule has 6 aromatic carbocycles. The van der Waals surface area contributed by atoms with Crippen molar-refractivity contribution in [3.05, 3.63) is 97.1 Å². The number of anilines is 2. The average molecular weight is 749 g/mol. The third-order valence-electron chi connectivity index (χ3n) is 7.60. The second-order valence-electron chi connectivity index (χ2n) is 10.9. The molecule has 51 heavy (non-hydrogen) atoms. The highest BCUT2D eigenvalue weighted by Gasteiger charge is 2.25. The molecule has 6 aromatic rings. The molecule has 19 heteroatoms. The number of aromatic hydroxyl groups is 2. The first-order valence-electron chi connectivity index (χ1n) is 14.3. The summed E-state index contributed by atoms with van der Waals surface area (Å²) >= 11 is 0. The Kier molecular flexibility index (Phi) is 8.69. The lowest BCUT2D eigenvalue weighted by Crippen LogP contribution is -2.01. The van der Waals surface area contributed by atoms with Crippen LogP contribution in [-0.2, 0) is 30.1 Å². The Morgan fingerprint density at radius 2 is 0.843 bits per heavy atom. The van der Waals surface area contributed by atoms with Gasteiger partial charge in [0.2, 0.25) is 9.84 Å². The summed E-state index contributed by atoms with van der Waals surface area (Å²) in [6.45, 7) is 0. The maximum Gasteiger partial charge on any atom is 0.296 e. The summed E-state index contributed by atoms with van der Waals surface area (Å²) in [5, 5.41) is 37.7. The zero-order chi connectivity index (χ0) is 36.9. The lowest BCUT2D eigenvalue weighted by molar-refractivity contribution is 0.472. The summed E-state index contributed by atoms with van der Waals surface area (Å²) < 4.78 is 94.4. The van der Waals surface area contributed by atoms with E-state index in [1.165, 1.54) is 84.9 Å². The van der Waals surface area contributed by atoms with Crippen LogP contribution in [0.1, 0.15) is 0 Å². The molecule has 0 radical (unpaired) electrons. The minimum absolute atomic E-state index is 0.0643. The summed E-state index contributed by atoms with van der Waals surface area (Å²) in [6.07, 6.45) is 0. The van der Waals surface area contributed by atoms with E-state index in [0.717, 1.165) is 12.1 Å². The van der Waals surface area contributed by atoms with Gasteiger partial charge in [0, 0.05) is 22.1 Å². The minimum Gasteiger partial charge on any atom is -0.505 e. The monoisotopic (exact) mass is 748 g/mol. The van der Waals surface area contributed by atoms with Crippen LogP contribution in [0.3, 0.4) is 0 Å². The Labute approximate surface area is 289 Å². The van der Waals surface area contributed by atoms with Crippen LogP contribution in [0.4, 0.5) is 34.1 Å². The van der Waals surface area contributed by atoms with Gasteiger partial charge >= 0.3 is 0 Å². The summed E-state index contributed by atoms with van der Waals surface area (Å²) in [5.41, 5.74) is 11.1. The van der Waals surface area contributed by atoms with E-state index in [1.807, 2.05) is 0 Å². The van der Waals surface area contributed by atoms with Gasteiger partial charge in [-0.25, -0.2) is 8.42 Å². The molecule has 0 aliphatic rings. The first-order valence-corrected chi connectivity index (χ1v) is 18.6. The summed E-state index contributed by atoms with van der Waals surface area (Å²) in [6, 6.07) is 21.1. The molecule has 0 aliphatic carbocycles. The number of nitrogens with zero attached hydrogens (tertiary/aromatic N) is 4. The SMILES string of the molecule is Nc1cccc2cc(S(=O)(=O)O)c(N=Nc3ccc(S(=O)(=O)c4ccc(N=Nc5c(S(=O)(=O)O)cc6cccc(N)c6c5O)cc4)cc3)c(O)c12. The molecule has 6 rings (SSSR count). The van der Waals surface area contributed by atoms with Gasteiger partial charge in [-0.1, -0.05) is 24.3 Å².